The fourth-order valence-corrected chi connectivity index (χ4v) is 14.8. The second-order valence-corrected chi connectivity index (χ2v) is 36.2. The number of furan rings is 1. The third kappa shape index (κ3) is 7.95. The summed E-state index contributed by atoms with van der Waals surface area (Å²) in [6, 6.07) is 70.4. The molecule has 0 N–H and O–H groups in total. The molecule has 12 rings (SSSR count). The number of rotatable bonds is 8. The van der Waals surface area contributed by atoms with E-state index in [0.717, 1.165) is 56.1 Å². The smallest absolute Gasteiger partial charge is 0.160 e. The Balaban J connectivity index is 1.20. The summed E-state index contributed by atoms with van der Waals surface area (Å²) in [6.07, 6.45) is 0. The predicted octanol–water partition coefficient (Wildman–Crippen LogP) is 19.2. The van der Waals surface area contributed by atoms with Gasteiger partial charge in [0.25, 0.3) is 0 Å². The Morgan fingerprint density at radius 3 is 1.33 bits per heavy atom. The van der Waals surface area contributed by atoms with Crippen LogP contribution in [0.15, 0.2) is 186 Å². The molecule has 2 aliphatic carbocycles. The van der Waals surface area contributed by atoms with Gasteiger partial charge in [0.1, 0.15) is 5.58 Å². The van der Waals surface area contributed by atoms with Crippen molar-refractivity contribution in [3.8, 4) is 22.3 Å². The SMILES string of the molecule is Cc1ccc2c(c1)-c1cc(C)ccc1C21c2cc(N(c3ccc(C(C)(C)C)cc3)c3ccc([Si](C)(C)C)cc3)ccc2-c2c1cc(N(c1ccc(C(C)(C)C)cc1)c1ccc([Si](C)(C)C)cc1)c1oc3ccccc3c21. The lowest BCUT2D eigenvalue weighted by molar-refractivity contribution is 0.590. The molecule has 0 atom stereocenters. The maximum atomic E-state index is 7.33. The topological polar surface area (TPSA) is 19.6 Å². The summed E-state index contributed by atoms with van der Waals surface area (Å²) in [4.78, 5) is 4.96. The number of aryl methyl sites for hydroxylation is 2. The van der Waals surface area contributed by atoms with Crippen molar-refractivity contribution in [3.05, 3.63) is 226 Å². The lowest BCUT2D eigenvalue weighted by Gasteiger charge is -2.34. The maximum Gasteiger partial charge on any atom is 0.160 e. The van der Waals surface area contributed by atoms with Crippen molar-refractivity contribution >= 4 is 82.6 Å². The fourth-order valence-electron chi connectivity index (χ4n) is 12.4. The van der Waals surface area contributed by atoms with E-state index in [1.807, 2.05) is 0 Å². The summed E-state index contributed by atoms with van der Waals surface area (Å²) in [5.74, 6) is 0. The van der Waals surface area contributed by atoms with E-state index in [1.165, 1.54) is 77.1 Å². The molecular weight excluding hydrogens is 953 g/mol. The lowest BCUT2D eigenvalue weighted by atomic mass is 9.70. The highest BCUT2D eigenvalue weighted by atomic mass is 28.3. The van der Waals surface area contributed by atoms with Gasteiger partial charge >= 0.3 is 0 Å². The minimum atomic E-state index is -1.61. The molecule has 10 aromatic rings. The zero-order valence-electron chi connectivity index (χ0n) is 47.1. The van der Waals surface area contributed by atoms with Gasteiger partial charge in [-0.15, -0.1) is 0 Å². The maximum absolute atomic E-state index is 7.33. The highest BCUT2D eigenvalue weighted by molar-refractivity contribution is 6.89. The molecule has 0 unspecified atom stereocenters. The minimum absolute atomic E-state index is 0.00176. The van der Waals surface area contributed by atoms with E-state index >= 15 is 0 Å². The second-order valence-electron chi connectivity index (χ2n) is 26.1. The molecule has 0 amide bonds. The Morgan fingerprint density at radius 2 is 0.855 bits per heavy atom. The first kappa shape index (κ1) is 49.7. The summed E-state index contributed by atoms with van der Waals surface area (Å²) in [7, 11) is -3.18. The molecule has 9 aromatic carbocycles. The highest BCUT2D eigenvalue weighted by Crippen LogP contribution is 2.66. The molecule has 0 radical (unpaired) electrons. The van der Waals surface area contributed by atoms with Crippen LogP contribution < -0.4 is 20.2 Å². The predicted molar refractivity (Wildman–Crippen MR) is 332 cm³/mol. The minimum Gasteiger partial charge on any atom is -0.454 e. The molecule has 0 aliphatic heterocycles. The Bertz CT molecular complexity index is 3740. The first-order valence-corrected chi connectivity index (χ1v) is 34.4. The number of hydrogen-bond donors (Lipinski definition) is 0. The quantitative estimate of drug-likeness (QED) is 0.141. The lowest BCUT2D eigenvalue weighted by Crippen LogP contribution is -2.37. The normalized spacial score (nSPS) is 13.8. The number of nitrogens with zero attached hydrogens (tertiary/aromatic N) is 2. The molecule has 380 valence electrons. The molecule has 76 heavy (non-hydrogen) atoms. The van der Waals surface area contributed by atoms with Crippen molar-refractivity contribution in [1.82, 2.24) is 0 Å². The van der Waals surface area contributed by atoms with Crippen molar-refractivity contribution in [1.29, 1.82) is 0 Å². The van der Waals surface area contributed by atoms with Crippen LogP contribution >= 0.6 is 0 Å². The van der Waals surface area contributed by atoms with Gasteiger partial charge in [-0.1, -0.05) is 212 Å². The number of fused-ring (bicyclic) bond motifs is 14. The van der Waals surface area contributed by atoms with Crippen LogP contribution in [0.25, 0.3) is 44.2 Å². The zero-order chi connectivity index (χ0) is 53.4. The Morgan fingerprint density at radius 1 is 0.408 bits per heavy atom. The van der Waals surface area contributed by atoms with Crippen LogP contribution in [-0.2, 0) is 16.2 Å². The van der Waals surface area contributed by atoms with Gasteiger partial charge in [-0.3, -0.25) is 0 Å². The molecule has 3 nitrogen and oxygen atoms in total. The molecule has 0 fully saturated rings. The monoisotopic (exact) mass is 1020 g/mol. The number of para-hydroxylation sites is 1. The van der Waals surface area contributed by atoms with Gasteiger partial charge in [0, 0.05) is 39.2 Å². The molecule has 5 heteroatoms. The van der Waals surface area contributed by atoms with Gasteiger partial charge in [0.05, 0.1) is 27.3 Å². The molecule has 0 bridgehead atoms. The van der Waals surface area contributed by atoms with E-state index in [2.05, 4.69) is 286 Å². The van der Waals surface area contributed by atoms with Crippen LogP contribution in [0.3, 0.4) is 0 Å². The zero-order valence-corrected chi connectivity index (χ0v) is 49.1. The number of hydrogen-bond acceptors (Lipinski definition) is 3. The van der Waals surface area contributed by atoms with E-state index in [1.54, 1.807) is 0 Å². The van der Waals surface area contributed by atoms with Crippen LogP contribution in [0.2, 0.25) is 39.3 Å². The first-order valence-electron chi connectivity index (χ1n) is 27.4. The first-order chi connectivity index (χ1) is 36.0. The highest BCUT2D eigenvalue weighted by Gasteiger charge is 2.53. The Hall–Kier alpha value is -7.19. The third-order valence-corrected chi connectivity index (χ3v) is 20.8. The molecule has 0 saturated carbocycles. The summed E-state index contributed by atoms with van der Waals surface area (Å²) in [6.45, 7) is 32.8. The van der Waals surface area contributed by atoms with Crippen LogP contribution in [0.5, 0.6) is 0 Å². The third-order valence-electron chi connectivity index (χ3n) is 16.6. The molecule has 1 aromatic heterocycles. The van der Waals surface area contributed by atoms with Crippen LogP contribution in [0, 0.1) is 13.8 Å². The van der Waals surface area contributed by atoms with Crippen LogP contribution in [-0.4, -0.2) is 16.1 Å². The number of benzene rings is 9. The van der Waals surface area contributed by atoms with Gasteiger partial charge in [-0.2, -0.15) is 0 Å². The average Bonchev–Trinajstić information content (AvgIpc) is 4.00. The molecular formula is C71H72N2OSi2. The van der Waals surface area contributed by atoms with Crippen molar-refractivity contribution in [3.63, 3.8) is 0 Å². The van der Waals surface area contributed by atoms with Crippen molar-refractivity contribution in [2.75, 3.05) is 9.80 Å². The van der Waals surface area contributed by atoms with Crippen LogP contribution in [0.1, 0.15) is 86.1 Å². The second kappa shape index (κ2) is 17.4. The van der Waals surface area contributed by atoms with Crippen molar-refractivity contribution < 1.29 is 4.42 Å². The summed E-state index contributed by atoms with van der Waals surface area (Å²) in [5.41, 5.74) is 23.1. The van der Waals surface area contributed by atoms with Gasteiger partial charge in [0.2, 0.25) is 0 Å². The Labute approximate surface area is 453 Å². The molecule has 2 aliphatic rings. The molecule has 1 heterocycles. The van der Waals surface area contributed by atoms with E-state index in [-0.39, 0.29) is 10.8 Å². The van der Waals surface area contributed by atoms with E-state index in [0.29, 0.717) is 0 Å². The van der Waals surface area contributed by atoms with E-state index in [9.17, 15) is 0 Å². The van der Waals surface area contributed by atoms with Gasteiger partial charge in [-0.05, 0) is 153 Å². The van der Waals surface area contributed by atoms with E-state index < -0.39 is 21.6 Å². The van der Waals surface area contributed by atoms with E-state index in [4.69, 9.17) is 4.42 Å². The largest absolute Gasteiger partial charge is 0.454 e. The summed E-state index contributed by atoms with van der Waals surface area (Å²) < 4.78 is 7.33. The van der Waals surface area contributed by atoms with Crippen molar-refractivity contribution in [2.45, 2.75) is 111 Å². The summed E-state index contributed by atoms with van der Waals surface area (Å²) >= 11 is 0. The average molecular weight is 1030 g/mol. The van der Waals surface area contributed by atoms with Gasteiger partial charge < -0.3 is 14.2 Å². The fraction of sp³-hybridized carbons (Fsp3) is 0.239. The molecule has 1 spiro atoms. The van der Waals surface area contributed by atoms with Gasteiger partial charge in [0.15, 0.2) is 5.58 Å². The van der Waals surface area contributed by atoms with Crippen molar-refractivity contribution in [2.24, 2.45) is 0 Å². The van der Waals surface area contributed by atoms with Crippen LogP contribution in [0.4, 0.5) is 34.1 Å². The standard InChI is InChI=1S/C71H72N2OSi2/c1-45-19-39-60-58(41-45)59-42-46(2)20-40-61(59)71(60)62-43-53(72(49-25-21-47(22-26-49)69(3,4)5)50-29-34-54(35-30-50)75(9,10)11)33-38-56(62)66-63(71)44-64(68-67(66)57-17-15-16-18-65(57)74-68)73(51-27-23-48(24-28-51)70(6,7)8)52-31-36-55(37-32-52)76(12,13)14/h15-44H,1-14H3. The van der Waals surface area contributed by atoms with Gasteiger partial charge in [-0.25, -0.2) is 0 Å². The molecule has 0 saturated heterocycles. The summed E-state index contributed by atoms with van der Waals surface area (Å²) in [5, 5.41) is 5.15. The number of anilines is 6. The Kier molecular flexibility index (Phi) is 11.4.